The number of likely N-dealkylation sites (N-methyl/N-ethyl adjacent to an activating group) is 1. The third kappa shape index (κ3) is 11.3. The number of nitrogen functional groups attached to an aromatic ring is 1. The van der Waals surface area contributed by atoms with E-state index in [1.54, 1.807) is 6.20 Å². The quantitative estimate of drug-likeness (QED) is 0.0390. The molecule has 4 heterocycles. The number of fused-ring (bicyclic) bond motifs is 3. The molecular formula is C49H56N6NaO5S+. The van der Waals surface area contributed by atoms with Crippen LogP contribution in [0.1, 0.15) is 94.5 Å². The van der Waals surface area contributed by atoms with Crippen LogP contribution >= 0.6 is 0 Å². The zero-order chi connectivity index (χ0) is 43.7. The summed E-state index contributed by atoms with van der Waals surface area (Å²) in [4.78, 5) is 26.8. The van der Waals surface area contributed by atoms with Crippen LogP contribution in [0.3, 0.4) is 0 Å². The molecule has 0 unspecified atom stereocenters. The molecule has 13 heteroatoms. The van der Waals surface area contributed by atoms with Gasteiger partial charge in [-0.25, -0.2) is 0 Å². The average Bonchev–Trinajstić information content (AvgIpc) is 3.84. The number of Topliss-reactive ketones (excluding diaryl/α,β-unsaturated/α-hetero) is 1. The molecule has 3 aromatic carbocycles. The number of carbonyl (C=O) groups excluding carboxylic acids is 1. The number of hydrogen-bond acceptors (Lipinski definition) is 9. The minimum absolute atomic E-state index is 0. The van der Waals surface area contributed by atoms with Gasteiger partial charge in [-0.15, -0.1) is 24.3 Å². The molecule has 2 aromatic heterocycles. The Morgan fingerprint density at radius 1 is 0.919 bits per heavy atom. The molecule has 5 aromatic rings. The molecule has 0 spiro atoms. The Balaban J connectivity index is 0.00000139. The van der Waals surface area contributed by atoms with Crippen LogP contribution < -0.4 is 44.9 Å². The van der Waals surface area contributed by atoms with Crippen molar-refractivity contribution in [3.8, 4) is 5.88 Å². The van der Waals surface area contributed by atoms with E-state index in [2.05, 4.69) is 145 Å². The van der Waals surface area contributed by atoms with E-state index < -0.39 is 10.6 Å². The molecule has 2 aliphatic rings. The number of hydrogen-bond donors (Lipinski definition) is 2. The fourth-order valence-corrected chi connectivity index (χ4v) is 8.46. The predicted octanol–water partition coefficient (Wildman–Crippen LogP) is 6.18. The molecule has 318 valence electrons. The molecule has 0 amide bonds. The van der Waals surface area contributed by atoms with Crippen molar-refractivity contribution in [1.82, 2.24) is 15.0 Å². The van der Waals surface area contributed by atoms with Crippen molar-refractivity contribution < 1.29 is 56.3 Å². The van der Waals surface area contributed by atoms with Crippen LogP contribution in [0.15, 0.2) is 109 Å². The van der Waals surface area contributed by atoms with Gasteiger partial charge in [0, 0.05) is 55.4 Å². The maximum absolute atomic E-state index is 12.9. The van der Waals surface area contributed by atoms with E-state index in [0.717, 1.165) is 55.3 Å². The van der Waals surface area contributed by atoms with E-state index in [1.807, 2.05) is 24.3 Å². The summed E-state index contributed by atoms with van der Waals surface area (Å²) in [5, 5.41) is 0.797. The van der Waals surface area contributed by atoms with Crippen molar-refractivity contribution in [2.45, 2.75) is 97.5 Å². The smallest absolute Gasteiger partial charge is 0.472 e. The van der Waals surface area contributed by atoms with E-state index in [-0.39, 0.29) is 46.3 Å². The zero-order valence-electron chi connectivity index (χ0n) is 37.0. The number of aryl methyl sites for hydroxylation is 2. The van der Waals surface area contributed by atoms with Crippen LogP contribution in [0, 0.1) is 13.0 Å². The molecule has 11 nitrogen and oxygen atoms in total. The van der Waals surface area contributed by atoms with Crippen LogP contribution in [0.4, 0.5) is 17.3 Å². The molecule has 2 aliphatic heterocycles. The Morgan fingerprint density at radius 3 is 2.40 bits per heavy atom. The number of ketones is 1. The van der Waals surface area contributed by atoms with E-state index in [9.17, 15) is 4.79 Å². The SMILES string of the molecule is CCN1/C(=C/C=C/C=C/C2=[N+](CCCCCC(=O)CCc3ccc(COc4nc(N)nc5[nH]ccc45)cc3)c3ccc(C)cc3C2(C)C)C(C)(C)c2c[c-]ccc21.O=S(=O)=O.[Na+]. The molecule has 0 fully saturated rings. The summed E-state index contributed by atoms with van der Waals surface area (Å²) < 4.78 is 33.8. The van der Waals surface area contributed by atoms with Gasteiger partial charge in [0.1, 0.15) is 24.6 Å². The van der Waals surface area contributed by atoms with Gasteiger partial charge in [-0.1, -0.05) is 73.7 Å². The van der Waals surface area contributed by atoms with E-state index in [4.69, 9.17) is 23.1 Å². The monoisotopic (exact) mass is 863 g/mol. The molecule has 0 bridgehead atoms. The first-order chi connectivity index (χ1) is 29.2. The van der Waals surface area contributed by atoms with Gasteiger partial charge in [-0.05, 0) is 81.7 Å². The first-order valence-electron chi connectivity index (χ1n) is 20.9. The summed E-state index contributed by atoms with van der Waals surface area (Å²) in [6.45, 7) is 15.9. The molecule has 0 atom stereocenters. The second kappa shape index (κ2) is 21.3. The Hall–Kier alpha value is -5.14. The number of nitrogens with zero attached hydrogens (tertiary/aromatic N) is 4. The molecule has 7 rings (SSSR count). The van der Waals surface area contributed by atoms with Crippen LogP contribution in [0.5, 0.6) is 5.88 Å². The first kappa shape index (κ1) is 47.9. The molecule has 0 radical (unpaired) electrons. The summed E-state index contributed by atoms with van der Waals surface area (Å²) in [5.41, 5.74) is 17.6. The van der Waals surface area contributed by atoms with Crippen molar-refractivity contribution in [1.29, 1.82) is 0 Å². The minimum atomic E-state index is -3.11. The Morgan fingerprint density at radius 2 is 1.66 bits per heavy atom. The van der Waals surface area contributed by atoms with Crippen molar-refractivity contribution in [2.75, 3.05) is 23.7 Å². The fraction of sp³-hybridized carbons (Fsp3) is 0.347. The number of ether oxygens (including phenoxy) is 1. The average molecular weight is 864 g/mol. The second-order valence-electron chi connectivity index (χ2n) is 16.6. The van der Waals surface area contributed by atoms with E-state index in [1.165, 1.54) is 39.5 Å². The number of benzene rings is 3. The number of aromatic nitrogens is 3. The molecule has 0 saturated carbocycles. The molecular weight excluding hydrogens is 808 g/mol. The van der Waals surface area contributed by atoms with Crippen LogP contribution in [0.25, 0.3) is 11.0 Å². The van der Waals surface area contributed by atoms with E-state index >= 15 is 0 Å². The number of allylic oxidation sites excluding steroid dienone is 6. The molecule has 62 heavy (non-hydrogen) atoms. The summed E-state index contributed by atoms with van der Waals surface area (Å²) in [6, 6.07) is 26.6. The Bertz CT molecular complexity index is 2620. The Kier molecular flexibility index (Phi) is 16.4. The number of aromatic amines is 1. The summed E-state index contributed by atoms with van der Waals surface area (Å²) >= 11 is 0. The predicted molar refractivity (Wildman–Crippen MR) is 242 cm³/mol. The third-order valence-electron chi connectivity index (χ3n) is 11.7. The van der Waals surface area contributed by atoms with Gasteiger partial charge in [-0.3, -0.25) is 4.79 Å². The molecule has 3 N–H and O–H groups in total. The first-order valence-corrected chi connectivity index (χ1v) is 21.9. The number of unbranched alkanes of at least 4 members (excludes halogenated alkanes) is 2. The van der Waals surface area contributed by atoms with Crippen LogP contribution in [0.2, 0.25) is 0 Å². The van der Waals surface area contributed by atoms with Gasteiger partial charge in [0.05, 0.1) is 10.8 Å². The standard InChI is InChI=1S/C49H56N6O2.Na.O3S/c1-7-54-41-18-14-13-17-39(41)48(3,4)43(54)19-11-8-12-20-44-49(5,6)40-32-34(2)21-28-42(40)55(44)31-15-9-10-16-37(56)27-26-35-22-24-36(25-23-35)33-57-46-38-29-30-51-45(38)52-47(50)53-46;;1-4(2)3/h8,11-12,14,17-25,28-30,32H,7,9-10,15-16,26-27,31,33H2,1-6H3,(H3,50,51,52,53);;/q;+1;. The number of nitrogens with two attached hydrogens (primary N) is 1. The molecule has 0 saturated heterocycles. The maximum atomic E-state index is 12.9. The van der Waals surface area contributed by atoms with Gasteiger partial charge in [0.25, 0.3) is 0 Å². The maximum Gasteiger partial charge on any atom is 1.00 e. The van der Waals surface area contributed by atoms with Crippen LogP contribution in [-0.4, -0.2) is 56.7 Å². The number of H-pyrrole nitrogens is 1. The number of anilines is 2. The third-order valence-corrected chi connectivity index (χ3v) is 11.7. The van der Waals surface area contributed by atoms with Gasteiger partial charge in [0.2, 0.25) is 17.5 Å². The largest absolute Gasteiger partial charge is 1.00 e. The minimum Gasteiger partial charge on any atom is -0.472 e. The summed E-state index contributed by atoms with van der Waals surface area (Å²) in [7, 11) is -3.11. The van der Waals surface area contributed by atoms with Gasteiger partial charge < -0.3 is 20.4 Å². The van der Waals surface area contributed by atoms with Crippen LogP contribution in [-0.2, 0) is 39.3 Å². The number of carbonyl (C=O) groups is 1. The van der Waals surface area contributed by atoms with Gasteiger partial charge in [-0.2, -0.15) is 32.7 Å². The van der Waals surface area contributed by atoms with Crippen molar-refractivity contribution >= 4 is 50.5 Å². The van der Waals surface area contributed by atoms with Crippen molar-refractivity contribution in [3.05, 3.63) is 143 Å². The molecule has 0 aliphatic carbocycles. The second-order valence-corrected chi connectivity index (χ2v) is 17.0. The summed E-state index contributed by atoms with van der Waals surface area (Å²) in [5.74, 6) is 0.955. The van der Waals surface area contributed by atoms with E-state index in [0.29, 0.717) is 36.8 Å². The number of rotatable bonds is 16. The zero-order valence-corrected chi connectivity index (χ0v) is 39.8. The Labute approximate surface area is 389 Å². The normalized spacial score (nSPS) is 15.5. The van der Waals surface area contributed by atoms with Crippen molar-refractivity contribution in [3.63, 3.8) is 0 Å². The number of nitrogens with one attached hydrogen (secondary N) is 1. The van der Waals surface area contributed by atoms with Gasteiger partial charge in [0.15, 0.2) is 5.71 Å². The van der Waals surface area contributed by atoms with Gasteiger partial charge >= 0.3 is 40.2 Å². The summed E-state index contributed by atoms with van der Waals surface area (Å²) in [6.07, 6.45) is 17.7. The topological polar surface area (TPSA) is 151 Å². The van der Waals surface area contributed by atoms with Crippen molar-refractivity contribution in [2.24, 2.45) is 0 Å². The fourth-order valence-electron chi connectivity index (χ4n) is 8.46.